The summed E-state index contributed by atoms with van der Waals surface area (Å²) in [6, 6.07) is 15.2. The van der Waals surface area contributed by atoms with Gasteiger partial charge in [0, 0.05) is 18.2 Å². The Kier molecular flexibility index (Phi) is 11.4. The summed E-state index contributed by atoms with van der Waals surface area (Å²) in [5, 5.41) is 5.06. The van der Waals surface area contributed by atoms with Gasteiger partial charge in [-0.15, -0.1) is 13.2 Å². The molecule has 12 heteroatoms. The summed E-state index contributed by atoms with van der Waals surface area (Å²) in [6.45, 7) is 7.90. The van der Waals surface area contributed by atoms with E-state index in [4.69, 9.17) is 4.74 Å². The van der Waals surface area contributed by atoms with Crippen molar-refractivity contribution in [3.63, 3.8) is 0 Å². The van der Waals surface area contributed by atoms with Gasteiger partial charge in [-0.05, 0) is 68.9 Å². The number of allylic oxidation sites excluding steroid dienone is 1. The molecule has 3 saturated carbocycles. The van der Waals surface area contributed by atoms with Crippen LogP contribution in [0.5, 0.6) is 0 Å². The average molecular weight is 677 g/mol. The number of amides is 5. The third-order valence-electron chi connectivity index (χ3n) is 9.17. The van der Waals surface area contributed by atoms with Gasteiger partial charge in [0.1, 0.15) is 6.10 Å². The number of hydrogen-bond acceptors (Lipinski definition) is 7. The predicted octanol–water partition coefficient (Wildman–Crippen LogP) is 5.76. The van der Waals surface area contributed by atoms with Gasteiger partial charge in [-0.3, -0.25) is 19.8 Å². The highest BCUT2D eigenvalue weighted by Crippen LogP contribution is 2.42. The third kappa shape index (κ3) is 8.71. The van der Waals surface area contributed by atoms with Crippen molar-refractivity contribution >= 4 is 39.6 Å². The largest absolute Gasteiger partial charge is 0.446 e. The molecule has 5 amide bonds. The average Bonchev–Trinajstić information content (AvgIpc) is 4.01. The summed E-state index contributed by atoms with van der Waals surface area (Å²) < 4.78 is 33.2. The first-order valence-corrected chi connectivity index (χ1v) is 18.2. The van der Waals surface area contributed by atoms with Crippen LogP contribution in [0.15, 0.2) is 79.9 Å². The number of imide groups is 1. The summed E-state index contributed by atoms with van der Waals surface area (Å²) in [7, 11) is -3.93. The van der Waals surface area contributed by atoms with E-state index in [1.165, 1.54) is 0 Å². The minimum absolute atomic E-state index is 0.00532. The molecule has 3 aliphatic carbocycles. The lowest BCUT2D eigenvalue weighted by Gasteiger charge is -2.27. The van der Waals surface area contributed by atoms with Gasteiger partial charge in [0.2, 0.25) is 21.8 Å². The fourth-order valence-corrected chi connectivity index (χ4v) is 7.58. The number of para-hydroxylation sites is 1. The van der Waals surface area contributed by atoms with E-state index < -0.39 is 57.3 Å². The maximum absolute atomic E-state index is 14.2. The second-order valence-electron chi connectivity index (χ2n) is 12.7. The Balaban J connectivity index is 1.31. The molecule has 2 aromatic rings. The van der Waals surface area contributed by atoms with Gasteiger partial charge in [-0.2, -0.15) is 0 Å². The number of hydrogen-bond donors (Lipinski definition) is 3. The molecule has 5 atom stereocenters. The first kappa shape index (κ1) is 34.9. The molecule has 0 bridgehead atoms. The monoisotopic (exact) mass is 676 g/mol. The van der Waals surface area contributed by atoms with Crippen molar-refractivity contribution < 1.29 is 32.3 Å². The minimum atomic E-state index is -3.93. The SMILES string of the molecule is C=CCCCCCNC(=O)C1CC(OC(=O)Nc2ccccc2-c2ccccc2)CC1C(=O)N(C(=O)NS(=O)(=O)C1CC1)C1CC1C=C. The molecule has 0 spiro atoms. The molecule has 3 aliphatic rings. The number of anilines is 1. The second-order valence-corrected chi connectivity index (χ2v) is 14.7. The Bertz CT molecular complexity index is 1630. The van der Waals surface area contributed by atoms with Crippen LogP contribution in [-0.4, -0.2) is 61.2 Å². The Labute approximate surface area is 282 Å². The van der Waals surface area contributed by atoms with Gasteiger partial charge >= 0.3 is 12.1 Å². The minimum Gasteiger partial charge on any atom is -0.446 e. The number of nitrogens with one attached hydrogen (secondary N) is 3. The van der Waals surface area contributed by atoms with Gasteiger partial charge in [-0.1, -0.05) is 67.1 Å². The number of nitrogens with zero attached hydrogens (tertiary/aromatic N) is 1. The number of sulfonamides is 1. The fourth-order valence-electron chi connectivity index (χ4n) is 6.31. The van der Waals surface area contributed by atoms with E-state index >= 15 is 0 Å². The molecule has 0 saturated heterocycles. The number of urea groups is 1. The van der Waals surface area contributed by atoms with Crippen LogP contribution >= 0.6 is 0 Å². The zero-order valence-corrected chi connectivity index (χ0v) is 27.8. The van der Waals surface area contributed by atoms with Crippen molar-refractivity contribution in [3.8, 4) is 11.1 Å². The number of rotatable bonds is 15. The van der Waals surface area contributed by atoms with Gasteiger partial charge in [-0.25, -0.2) is 22.7 Å². The molecule has 0 heterocycles. The van der Waals surface area contributed by atoms with E-state index in [1.807, 2.05) is 48.5 Å². The molecule has 2 aromatic carbocycles. The van der Waals surface area contributed by atoms with Crippen molar-refractivity contribution in [2.75, 3.05) is 11.9 Å². The highest BCUT2D eigenvalue weighted by molar-refractivity contribution is 7.90. The first-order valence-electron chi connectivity index (χ1n) is 16.6. The molecule has 0 radical (unpaired) electrons. The lowest BCUT2D eigenvalue weighted by molar-refractivity contribution is -0.139. The highest BCUT2D eigenvalue weighted by atomic mass is 32.2. The van der Waals surface area contributed by atoms with Crippen molar-refractivity contribution in [2.24, 2.45) is 17.8 Å². The van der Waals surface area contributed by atoms with Crippen LogP contribution in [0.25, 0.3) is 11.1 Å². The number of benzene rings is 2. The molecule has 3 fully saturated rings. The zero-order chi connectivity index (χ0) is 34.3. The van der Waals surface area contributed by atoms with Crippen LogP contribution in [0.4, 0.5) is 15.3 Å². The summed E-state index contributed by atoms with van der Waals surface area (Å²) in [5.41, 5.74) is 2.24. The zero-order valence-electron chi connectivity index (χ0n) is 27.0. The summed E-state index contributed by atoms with van der Waals surface area (Å²) in [6.07, 6.45) is 6.80. The van der Waals surface area contributed by atoms with E-state index in [2.05, 4.69) is 28.5 Å². The van der Waals surface area contributed by atoms with E-state index in [0.717, 1.165) is 41.7 Å². The lowest BCUT2D eigenvalue weighted by Crippen LogP contribution is -2.51. The van der Waals surface area contributed by atoms with E-state index in [1.54, 1.807) is 18.2 Å². The predicted molar refractivity (Wildman–Crippen MR) is 183 cm³/mol. The van der Waals surface area contributed by atoms with E-state index in [0.29, 0.717) is 31.5 Å². The summed E-state index contributed by atoms with van der Waals surface area (Å²) in [5.74, 6) is -3.13. The van der Waals surface area contributed by atoms with Crippen LogP contribution in [0.3, 0.4) is 0 Å². The Hall–Kier alpha value is -4.45. The summed E-state index contributed by atoms with van der Waals surface area (Å²) >= 11 is 0. The van der Waals surface area contributed by atoms with Gasteiger partial charge in [0.15, 0.2) is 0 Å². The first-order chi connectivity index (χ1) is 23.1. The van der Waals surface area contributed by atoms with Crippen molar-refractivity contribution in [1.82, 2.24) is 14.9 Å². The number of ether oxygens (including phenoxy) is 1. The van der Waals surface area contributed by atoms with Crippen LogP contribution in [0, 0.1) is 17.8 Å². The van der Waals surface area contributed by atoms with Gasteiger partial charge in [0.05, 0.1) is 22.8 Å². The highest BCUT2D eigenvalue weighted by Gasteiger charge is 2.52. The normalized spacial score (nSPS) is 23.0. The van der Waals surface area contributed by atoms with Crippen LogP contribution in [0.2, 0.25) is 0 Å². The molecule has 5 rings (SSSR count). The van der Waals surface area contributed by atoms with Gasteiger partial charge in [0.25, 0.3) is 0 Å². The van der Waals surface area contributed by atoms with Crippen molar-refractivity contribution in [2.45, 2.75) is 75.2 Å². The molecule has 0 aromatic heterocycles. The lowest BCUT2D eigenvalue weighted by atomic mass is 9.93. The third-order valence-corrected chi connectivity index (χ3v) is 11.0. The fraction of sp³-hybridized carbons (Fsp3) is 0.444. The van der Waals surface area contributed by atoms with Crippen molar-refractivity contribution in [3.05, 3.63) is 79.9 Å². The maximum Gasteiger partial charge on any atom is 0.411 e. The molecule has 48 heavy (non-hydrogen) atoms. The topological polar surface area (TPSA) is 151 Å². The standard InChI is InChI=1S/C36H44N4O7S/c1-3-5-6-7-13-20-37-33(41)29-22-26(47-36(44)38-31-17-12-11-16-28(31)25-14-9-8-10-15-25)23-30(29)34(42)40(32-21-24(32)4-2)35(43)39-48(45,46)27-18-19-27/h3-4,8-12,14-17,24,26-27,29-30,32H,1-2,5-7,13,18-23H2,(H,37,41)(H,38,44)(H,39,43). The molecule has 5 unspecified atom stereocenters. The molecule has 256 valence electrons. The maximum atomic E-state index is 14.2. The number of carbonyl (C=O) groups excluding carboxylic acids is 4. The Morgan fingerprint density at radius 2 is 1.60 bits per heavy atom. The molecular formula is C36H44N4O7S. The number of unbranched alkanes of at least 4 members (excludes halogenated alkanes) is 3. The molecule has 11 nitrogen and oxygen atoms in total. The van der Waals surface area contributed by atoms with E-state index in [9.17, 15) is 27.6 Å². The van der Waals surface area contributed by atoms with Crippen LogP contribution in [0.1, 0.15) is 57.8 Å². The molecule has 0 aliphatic heterocycles. The smallest absolute Gasteiger partial charge is 0.411 e. The number of carbonyl (C=O) groups is 4. The Morgan fingerprint density at radius 1 is 0.896 bits per heavy atom. The molecule has 3 N–H and O–H groups in total. The van der Waals surface area contributed by atoms with Crippen LogP contribution < -0.4 is 15.4 Å². The second kappa shape index (κ2) is 15.6. The summed E-state index contributed by atoms with van der Waals surface area (Å²) in [4.78, 5) is 55.2. The Morgan fingerprint density at radius 3 is 2.29 bits per heavy atom. The van der Waals surface area contributed by atoms with Crippen molar-refractivity contribution in [1.29, 1.82) is 0 Å². The molecular weight excluding hydrogens is 632 g/mol. The quantitative estimate of drug-likeness (QED) is 0.160. The van der Waals surface area contributed by atoms with E-state index in [-0.39, 0.29) is 24.7 Å². The van der Waals surface area contributed by atoms with Gasteiger partial charge < -0.3 is 10.1 Å². The van der Waals surface area contributed by atoms with Crippen LogP contribution in [-0.2, 0) is 24.3 Å².